The van der Waals surface area contributed by atoms with Gasteiger partial charge >= 0.3 is 0 Å². The first-order valence-corrected chi connectivity index (χ1v) is 10.3. The van der Waals surface area contributed by atoms with Crippen molar-refractivity contribution >= 4 is 58.2 Å². The summed E-state index contributed by atoms with van der Waals surface area (Å²) in [6.07, 6.45) is 2.34. The molecule has 31 heavy (non-hydrogen) atoms. The molecule has 2 saturated heterocycles. The molecule has 0 unspecified atom stereocenters. The van der Waals surface area contributed by atoms with Crippen molar-refractivity contribution in [2.75, 3.05) is 5.75 Å². The molecule has 160 valence electrons. The van der Waals surface area contributed by atoms with Crippen molar-refractivity contribution in [2.45, 2.75) is 0 Å². The molecule has 2 aromatic carbocycles. The maximum Gasteiger partial charge on any atom is 0.290 e. The summed E-state index contributed by atoms with van der Waals surface area (Å²) in [6.45, 7) is 0. The quantitative estimate of drug-likeness (QED) is 0.392. The van der Waals surface area contributed by atoms with E-state index in [0.29, 0.717) is 16.2 Å². The highest BCUT2D eigenvalue weighted by atomic mass is 32.2. The lowest BCUT2D eigenvalue weighted by Gasteiger charge is -1.95. The van der Waals surface area contributed by atoms with Gasteiger partial charge in [-0.05, 0) is 59.8 Å². The summed E-state index contributed by atoms with van der Waals surface area (Å²) in [6, 6.07) is 12.4. The van der Waals surface area contributed by atoms with Crippen LogP contribution in [0, 0.1) is 0 Å². The van der Waals surface area contributed by atoms with Crippen molar-refractivity contribution in [3.8, 4) is 11.5 Å². The number of rotatable bonds is 2. The Bertz CT molecular complexity index is 1000. The van der Waals surface area contributed by atoms with Crippen LogP contribution in [0.2, 0.25) is 0 Å². The first-order valence-electron chi connectivity index (χ1n) is 8.51. The van der Waals surface area contributed by atoms with Crippen LogP contribution >= 0.6 is 23.5 Å². The Morgan fingerprint density at radius 1 is 0.774 bits per heavy atom. The molecule has 0 bridgehead atoms. The van der Waals surface area contributed by atoms with Gasteiger partial charge in [0, 0.05) is 5.56 Å². The second kappa shape index (κ2) is 11.6. The van der Waals surface area contributed by atoms with Crippen molar-refractivity contribution in [1.29, 1.82) is 0 Å². The third kappa shape index (κ3) is 8.36. The Labute approximate surface area is 184 Å². The van der Waals surface area contributed by atoms with E-state index in [2.05, 4.69) is 10.6 Å². The number of imide groups is 2. The van der Waals surface area contributed by atoms with Crippen LogP contribution in [-0.2, 0) is 9.59 Å². The highest BCUT2D eigenvalue weighted by molar-refractivity contribution is 8.18. The number of thioether (sulfide) groups is 2. The minimum absolute atomic E-state index is 0.164. The first-order chi connectivity index (χ1) is 14.8. The largest absolute Gasteiger partial charge is 0.508 e. The zero-order valence-corrected chi connectivity index (χ0v) is 17.4. The summed E-state index contributed by atoms with van der Waals surface area (Å²) in [5.74, 6) is 0.0733. The molecule has 2 aliphatic heterocycles. The van der Waals surface area contributed by atoms with E-state index >= 15 is 0 Å². The number of carbonyl (C=O) groups excluding carboxylic acids is 5. The third-order valence-corrected chi connectivity index (χ3v) is 5.02. The van der Waals surface area contributed by atoms with E-state index in [1.807, 2.05) is 0 Å². The fourth-order valence-corrected chi connectivity index (χ4v) is 3.22. The van der Waals surface area contributed by atoms with Crippen molar-refractivity contribution in [3.05, 3.63) is 64.6 Å². The summed E-state index contributed by atoms with van der Waals surface area (Å²) in [5, 5.41) is 21.5. The average molecular weight is 460 g/mol. The van der Waals surface area contributed by atoms with E-state index in [-0.39, 0.29) is 33.8 Å². The van der Waals surface area contributed by atoms with Gasteiger partial charge in [0.05, 0.1) is 10.7 Å². The van der Waals surface area contributed by atoms with E-state index in [1.165, 1.54) is 24.3 Å². The Kier molecular flexibility index (Phi) is 8.85. The molecule has 4 rings (SSSR count). The van der Waals surface area contributed by atoms with Crippen LogP contribution in [0.3, 0.4) is 0 Å². The standard InChI is InChI=1S/C10H7NO3S.C7H6O2.C3H3NO2S/c12-7-3-1-6(2-4-7)5-8-9(13)11-10(14)15-8;8-5-6-1-3-7(9)4-2-6;5-2-1-7-3(6)4-2/h1-5,12H,(H,11,13,14);1-5,9H;1H2,(H,4,5,6)/b8-5-;;. The molecule has 2 aliphatic rings. The molecule has 0 spiro atoms. The SMILES string of the molecule is O=C1CSC(=O)N1.O=C1NC(=O)/C(=C/c2ccc(O)cc2)S1.O=Cc1ccc(O)cc1. The molecular weight excluding hydrogens is 444 g/mol. The number of hydrogen-bond donors (Lipinski definition) is 4. The summed E-state index contributed by atoms with van der Waals surface area (Å²) in [5.41, 5.74) is 1.34. The maximum atomic E-state index is 11.2. The molecule has 4 amide bonds. The van der Waals surface area contributed by atoms with Crippen LogP contribution in [0.25, 0.3) is 6.08 Å². The molecule has 11 heteroatoms. The summed E-state index contributed by atoms with van der Waals surface area (Å²) in [7, 11) is 0. The smallest absolute Gasteiger partial charge is 0.290 e. The number of phenols is 2. The molecular formula is C20H16N2O7S2. The zero-order valence-electron chi connectivity index (χ0n) is 15.7. The Hall–Kier alpha value is -3.57. The van der Waals surface area contributed by atoms with Crippen LogP contribution < -0.4 is 10.6 Å². The summed E-state index contributed by atoms with van der Waals surface area (Å²) >= 11 is 1.88. The fraction of sp³-hybridized carbons (Fsp3) is 0.0500. The van der Waals surface area contributed by atoms with E-state index in [1.54, 1.807) is 30.3 Å². The number of aldehydes is 1. The highest BCUT2D eigenvalue weighted by Gasteiger charge is 2.24. The molecule has 0 atom stereocenters. The van der Waals surface area contributed by atoms with Gasteiger partial charge in [-0.15, -0.1) is 0 Å². The van der Waals surface area contributed by atoms with Gasteiger partial charge in [-0.2, -0.15) is 0 Å². The van der Waals surface area contributed by atoms with Crippen molar-refractivity contribution in [3.63, 3.8) is 0 Å². The normalized spacial score (nSPS) is 15.9. The number of hydrogen-bond acceptors (Lipinski definition) is 9. The van der Waals surface area contributed by atoms with Gasteiger partial charge in [-0.1, -0.05) is 23.9 Å². The molecule has 0 aliphatic carbocycles. The van der Waals surface area contributed by atoms with Crippen molar-refractivity contribution < 1.29 is 34.2 Å². The average Bonchev–Trinajstić information content (AvgIpc) is 3.28. The minimum atomic E-state index is -0.377. The second-order valence-electron chi connectivity index (χ2n) is 5.78. The molecule has 4 N–H and O–H groups in total. The molecule has 0 radical (unpaired) electrons. The van der Waals surface area contributed by atoms with Crippen LogP contribution in [0.5, 0.6) is 11.5 Å². The number of benzene rings is 2. The third-order valence-electron chi connectivity index (χ3n) is 3.44. The lowest BCUT2D eigenvalue weighted by atomic mass is 10.2. The predicted molar refractivity (Wildman–Crippen MR) is 117 cm³/mol. The van der Waals surface area contributed by atoms with Crippen LogP contribution in [0.4, 0.5) is 9.59 Å². The maximum absolute atomic E-state index is 11.2. The molecule has 2 fully saturated rings. The second-order valence-corrected chi connectivity index (χ2v) is 7.74. The van der Waals surface area contributed by atoms with E-state index in [4.69, 9.17) is 10.2 Å². The number of aromatic hydroxyl groups is 2. The van der Waals surface area contributed by atoms with Crippen LogP contribution in [0.15, 0.2) is 53.4 Å². The number of phenolic OH excluding ortho intramolecular Hbond substituents is 2. The first kappa shape index (κ1) is 23.7. The van der Waals surface area contributed by atoms with Gasteiger partial charge in [0.2, 0.25) is 5.91 Å². The number of carbonyl (C=O) groups is 5. The molecule has 0 saturated carbocycles. The topological polar surface area (TPSA) is 150 Å². The lowest BCUT2D eigenvalue weighted by Crippen LogP contribution is -2.18. The van der Waals surface area contributed by atoms with Gasteiger partial charge in [0.25, 0.3) is 16.4 Å². The fourth-order valence-electron chi connectivity index (χ4n) is 2.01. The van der Waals surface area contributed by atoms with Crippen molar-refractivity contribution in [1.82, 2.24) is 10.6 Å². The summed E-state index contributed by atoms with van der Waals surface area (Å²) in [4.78, 5) is 52.6. The molecule has 9 nitrogen and oxygen atoms in total. The predicted octanol–water partition coefficient (Wildman–Crippen LogP) is 2.89. The minimum Gasteiger partial charge on any atom is -0.508 e. The van der Waals surface area contributed by atoms with E-state index in [9.17, 15) is 24.0 Å². The van der Waals surface area contributed by atoms with Crippen LogP contribution in [0.1, 0.15) is 15.9 Å². The monoisotopic (exact) mass is 460 g/mol. The Balaban J connectivity index is 0.000000181. The van der Waals surface area contributed by atoms with E-state index < -0.39 is 0 Å². The Morgan fingerprint density at radius 2 is 1.32 bits per heavy atom. The van der Waals surface area contributed by atoms with Gasteiger partial charge in [0.15, 0.2) is 0 Å². The van der Waals surface area contributed by atoms with Gasteiger partial charge in [-0.25, -0.2) is 0 Å². The van der Waals surface area contributed by atoms with Gasteiger partial charge in [0.1, 0.15) is 17.8 Å². The molecule has 0 aromatic heterocycles. The van der Waals surface area contributed by atoms with Gasteiger partial charge in [-0.3, -0.25) is 34.6 Å². The summed E-state index contributed by atoms with van der Waals surface area (Å²) < 4.78 is 0. The van der Waals surface area contributed by atoms with Crippen LogP contribution in [-0.4, -0.2) is 44.5 Å². The van der Waals surface area contributed by atoms with Gasteiger partial charge < -0.3 is 10.2 Å². The number of nitrogens with one attached hydrogen (secondary N) is 2. The van der Waals surface area contributed by atoms with E-state index in [0.717, 1.165) is 35.4 Å². The van der Waals surface area contributed by atoms with Crippen molar-refractivity contribution in [2.24, 2.45) is 0 Å². The molecule has 2 aromatic rings. The lowest BCUT2D eigenvalue weighted by molar-refractivity contribution is -0.117. The number of amides is 4. The Morgan fingerprint density at radius 3 is 1.68 bits per heavy atom. The zero-order chi connectivity index (χ0) is 22.8. The highest BCUT2D eigenvalue weighted by Crippen LogP contribution is 2.25. The molecule has 2 heterocycles.